The first-order valence-corrected chi connectivity index (χ1v) is 15.3. The van der Waals surface area contributed by atoms with E-state index in [4.69, 9.17) is 31.3 Å². The summed E-state index contributed by atoms with van der Waals surface area (Å²) >= 11 is 6.67. The summed E-state index contributed by atoms with van der Waals surface area (Å²) in [6, 6.07) is 15.6. The number of hydrogen-bond acceptors (Lipinski definition) is 7. The van der Waals surface area contributed by atoms with Crippen LogP contribution in [0.5, 0.6) is 6.01 Å². The highest BCUT2D eigenvalue weighted by Gasteiger charge is 2.46. The van der Waals surface area contributed by atoms with Crippen molar-refractivity contribution in [1.82, 2.24) is 25.2 Å². The monoisotopic (exact) mass is 572 g/mol. The number of likely N-dealkylation sites (tertiary alicyclic amines) is 1. The molecule has 9 heteroatoms. The summed E-state index contributed by atoms with van der Waals surface area (Å²) in [7, 11) is 0. The van der Waals surface area contributed by atoms with Crippen LogP contribution in [0, 0.1) is 5.41 Å². The Hall–Kier alpha value is -3.07. The zero-order valence-corrected chi connectivity index (χ0v) is 23.8. The number of alkyl halides is 1. The average molecular weight is 573 g/mol. The second kappa shape index (κ2) is 10.0. The van der Waals surface area contributed by atoms with Crippen LogP contribution < -0.4 is 15.0 Å². The van der Waals surface area contributed by atoms with Gasteiger partial charge in [-0.1, -0.05) is 41.9 Å². The highest BCUT2D eigenvalue weighted by atomic mass is 35.5. The lowest BCUT2D eigenvalue weighted by Gasteiger charge is -2.34. The maximum absolute atomic E-state index is 13.8. The molecule has 4 fully saturated rings. The summed E-state index contributed by atoms with van der Waals surface area (Å²) in [5.41, 5.74) is 3.61. The van der Waals surface area contributed by atoms with Gasteiger partial charge in [-0.25, -0.2) is 4.39 Å². The van der Waals surface area contributed by atoms with E-state index in [1.165, 1.54) is 12.8 Å². The minimum atomic E-state index is -0.703. The molecule has 0 spiro atoms. The number of piperazine rings is 1. The van der Waals surface area contributed by atoms with Crippen molar-refractivity contribution < 1.29 is 9.13 Å². The van der Waals surface area contributed by atoms with E-state index in [1.807, 2.05) is 18.3 Å². The number of rotatable bonds is 7. The first kappa shape index (κ1) is 25.6. The van der Waals surface area contributed by atoms with Crippen molar-refractivity contribution in [2.24, 2.45) is 5.41 Å². The molecule has 2 aromatic heterocycles. The van der Waals surface area contributed by atoms with Gasteiger partial charge >= 0.3 is 6.01 Å². The van der Waals surface area contributed by atoms with Crippen LogP contribution >= 0.6 is 11.6 Å². The standard InChI is InChI=1S/C32H34ClFN6O/c33-26-6-2-4-20-3-1-5-25(28(20)26)21-13-27-29(35-14-21)30(40-16-23-7-8-24(17-40)36-23)38-31(37-27)41-19-32(10-11-32)18-39-12-9-22(34)15-39/h1-6,13-14,22-24,36H,7-12,15-19H2/t22-,23?,24?/m1/s1. The van der Waals surface area contributed by atoms with Crippen LogP contribution in [0.25, 0.3) is 32.9 Å². The van der Waals surface area contributed by atoms with E-state index in [0.29, 0.717) is 42.7 Å². The largest absolute Gasteiger partial charge is 0.463 e. The number of aromatic nitrogens is 3. The van der Waals surface area contributed by atoms with Crippen LogP contribution in [0.4, 0.5) is 10.2 Å². The third-order valence-corrected chi connectivity index (χ3v) is 9.73. The highest BCUT2D eigenvalue weighted by molar-refractivity contribution is 6.36. The summed E-state index contributed by atoms with van der Waals surface area (Å²) in [6.07, 6.45) is 6.41. The first-order valence-electron chi connectivity index (χ1n) is 14.9. The summed E-state index contributed by atoms with van der Waals surface area (Å²) in [5, 5.41) is 6.53. The number of nitrogens with zero attached hydrogens (tertiary/aromatic N) is 5. The number of pyridine rings is 1. The van der Waals surface area contributed by atoms with Crippen LogP contribution in [0.1, 0.15) is 32.1 Å². The van der Waals surface area contributed by atoms with Gasteiger partial charge < -0.3 is 15.0 Å². The molecule has 1 aliphatic carbocycles. The predicted molar refractivity (Wildman–Crippen MR) is 161 cm³/mol. The maximum atomic E-state index is 13.8. The van der Waals surface area contributed by atoms with Gasteiger partial charge in [0.1, 0.15) is 11.7 Å². The second-order valence-corrected chi connectivity index (χ2v) is 12.9. The highest BCUT2D eigenvalue weighted by Crippen LogP contribution is 2.47. The molecule has 3 aliphatic heterocycles. The third-order valence-electron chi connectivity index (χ3n) is 9.42. The van der Waals surface area contributed by atoms with Crippen LogP contribution in [-0.2, 0) is 0 Å². The summed E-state index contributed by atoms with van der Waals surface area (Å²) in [6.45, 7) is 4.59. The number of ether oxygens (including phenoxy) is 1. The Balaban J connectivity index is 1.16. The molecule has 7 nitrogen and oxygen atoms in total. The van der Waals surface area contributed by atoms with Crippen LogP contribution in [0.15, 0.2) is 48.7 Å². The Labute approximate surface area is 244 Å². The molecule has 2 unspecified atom stereocenters. The second-order valence-electron chi connectivity index (χ2n) is 12.5. The first-order chi connectivity index (χ1) is 20.0. The van der Waals surface area contributed by atoms with E-state index < -0.39 is 6.17 Å². The molecule has 5 heterocycles. The van der Waals surface area contributed by atoms with Gasteiger partial charge in [-0.3, -0.25) is 9.88 Å². The minimum Gasteiger partial charge on any atom is -0.463 e. The molecular formula is C32H34ClFN6O. The van der Waals surface area contributed by atoms with Crippen LogP contribution in [0.2, 0.25) is 5.02 Å². The van der Waals surface area contributed by atoms with E-state index in [1.54, 1.807) is 0 Å². The van der Waals surface area contributed by atoms with Crippen molar-refractivity contribution in [3.8, 4) is 17.1 Å². The lowest BCUT2D eigenvalue weighted by atomic mass is 9.99. The normalized spacial score (nSPS) is 25.3. The Morgan fingerprint density at radius 2 is 1.83 bits per heavy atom. The predicted octanol–water partition coefficient (Wildman–Crippen LogP) is 5.64. The zero-order chi connectivity index (χ0) is 27.6. The van der Waals surface area contributed by atoms with E-state index in [-0.39, 0.29) is 5.41 Å². The molecule has 4 aliphatic rings. The van der Waals surface area contributed by atoms with Crippen molar-refractivity contribution in [2.45, 2.75) is 50.4 Å². The fourth-order valence-electron chi connectivity index (χ4n) is 7.07. The lowest BCUT2D eigenvalue weighted by molar-refractivity contribution is 0.165. The van der Waals surface area contributed by atoms with Gasteiger partial charge in [-0.15, -0.1) is 0 Å². The molecule has 0 radical (unpaired) electrons. The van der Waals surface area contributed by atoms with Crippen LogP contribution in [-0.4, -0.2) is 77.4 Å². The Morgan fingerprint density at radius 1 is 1.02 bits per heavy atom. The molecule has 212 valence electrons. The maximum Gasteiger partial charge on any atom is 0.319 e. The van der Waals surface area contributed by atoms with Gasteiger partial charge in [-0.05, 0) is 55.2 Å². The van der Waals surface area contributed by atoms with Crippen molar-refractivity contribution in [3.63, 3.8) is 0 Å². The summed E-state index contributed by atoms with van der Waals surface area (Å²) in [4.78, 5) is 19.4. The van der Waals surface area contributed by atoms with Gasteiger partial charge in [0.2, 0.25) is 0 Å². The molecule has 41 heavy (non-hydrogen) atoms. The van der Waals surface area contributed by atoms with Crippen molar-refractivity contribution in [2.75, 3.05) is 44.2 Å². The fraction of sp³-hybridized carbons (Fsp3) is 0.469. The summed E-state index contributed by atoms with van der Waals surface area (Å²) < 4.78 is 20.2. The van der Waals surface area contributed by atoms with Gasteiger partial charge in [0, 0.05) is 72.4 Å². The third kappa shape index (κ3) is 4.90. The molecule has 8 rings (SSSR count). The molecule has 0 amide bonds. The molecular weight excluding hydrogens is 539 g/mol. The zero-order valence-electron chi connectivity index (χ0n) is 23.0. The van der Waals surface area contributed by atoms with Crippen LogP contribution in [0.3, 0.4) is 0 Å². The number of anilines is 1. The SMILES string of the molecule is F[C@@H]1CCN(CC2(COc3nc(N4CC5CCC(C4)N5)c4ncc(-c5cccc6cccc(Cl)c56)cc4n3)CC2)C1. The molecule has 2 bridgehead atoms. The van der Waals surface area contributed by atoms with Gasteiger partial charge in [-0.2, -0.15) is 9.97 Å². The number of hydrogen-bond donors (Lipinski definition) is 1. The van der Waals surface area contributed by atoms with E-state index in [9.17, 15) is 4.39 Å². The number of halogens is 2. The lowest BCUT2D eigenvalue weighted by Crippen LogP contribution is -2.51. The van der Waals surface area contributed by atoms with Gasteiger partial charge in [0.25, 0.3) is 0 Å². The smallest absolute Gasteiger partial charge is 0.319 e. The topological polar surface area (TPSA) is 66.4 Å². The molecule has 1 saturated carbocycles. The van der Waals surface area contributed by atoms with Crippen molar-refractivity contribution in [1.29, 1.82) is 0 Å². The van der Waals surface area contributed by atoms with E-state index in [2.05, 4.69) is 45.4 Å². The molecule has 1 N–H and O–H groups in total. The van der Waals surface area contributed by atoms with E-state index in [0.717, 1.165) is 77.8 Å². The Kier molecular flexibility index (Phi) is 6.27. The fourth-order valence-corrected chi connectivity index (χ4v) is 7.35. The molecule has 3 saturated heterocycles. The quantitative estimate of drug-likeness (QED) is 0.307. The van der Waals surface area contributed by atoms with Gasteiger partial charge in [0.05, 0.1) is 12.1 Å². The van der Waals surface area contributed by atoms with Gasteiger partial charge in [0.15, 0.2) is 5.82 Å². The van der Waals surface area contributed by atoms with E-state index >= 15 is 0 Å². The number of benzene rings is 2. The van der Waals surface area contributed by atoms with Crippen molar-refractivity contribution >= 4 is 39.2 Å². The molecule has 2 aromatic carbocycles. The molecule has 3 atom stereocenters. The number of fused-ring (bicyclic) bond motifs is 4. The Bertz CT molecular complexity index is 1610. The average Bonchev–Trinajstić information content (AvgIpc) is 3.50. The minimum absolute atomic E-state index is 0.0660. The molecule has 4 aromatic rings. The number of nitrogens with one attached hydrogen (secondary N) is 1. The van der Waals surface area contributed by atoms with Crippen molar-refractivity contribution in [3.05, 3.63) is 53.7 Å². The summed E-state index contributed by atoms with van der Waals surface area (Å²) in [5.74, 6) is 0.843. The Morgan fingerprint density at radius 3 is 2.59 bits per heavy atom.